The highest BCUT2D eigenvalue weighted by molar-refractivity contribution is 7.18. The van der Waals surface area contributed by atoms with E-state index in [1.807, 2.05) is 50.2 Å². The van der Waals surface area contributed by atoms with Gasteiger partial charge in [0.05, 0.1) is 37.0 Å². The third-order valence-electron chi connectivity index (χ3n) is 5.99. The fraction of sp³-hybridized carbons (Fsp3) is 0.400. The van der Waals surface area contributed by atoms with Crippen LogP contribution in [-0.4, -0.2) is 82.8 Å². The zero-order valence-electron chi connectivity index (χ0n) is 19.9. The lowest BCUT2D eigenvalue weighted by atomic mass is 10.2. The van der Waals surface area contributed by atoms with Crippen LogP contribution in [0, 0.1) is 13.8 Å². The van der Waals surface area contributed by atoms with Crippen molar-refractivity contribution in [1.82, 2.24) is 19.8 Å². The summed E-state index contributed by atoms with van der Waals surface area (Å²) in [6, 6.07) is 11.7. The first-order valence-electron chi connectivity index (χ1n) is 11.7. The summed E-state index contributed by atoms with van der Waals surface area (Å²) in [5, 5.41) is 15.5. The van der Waals surface area contributed by atoms with Gasteiger partial charge in [0.2, 0.25) is 5.91 Å². The lowest BCUT2D eigenvalue weighted by Crippen LogP contribution is -2.50. The van der Waals surface area contributed by atoms with Gasteiger partial charge in [0.1, 0.15) is 18.5 Å². The van der Waals surface area contributed by atoms with Gasteiger partial charge in [0.15, 0.2) is 0 Å². The predicted molar refractivity (Wildman–Crippen MR) is 142 cm³/mol. The van der Waals surface area contributed by atoms with Gasteiger partial charge >= 0.3 is 0 Å². The highest BCUT2D eigenvalue weighted by atomic mass is 32.1. The highest BCUT2D eigenvalue weighted by Gasteiger charge is 2.21. The Labute approximate surface area is 212 Å². The molecule has 4 aromatic rings. The average Bonchev–Trinajstić information content (AvgIpc) is 3.38. The van der Waals surface area contributed by atoms with Crippen molar-refractivity contribution in [2.45, 2.75) is 20.0 Å². The van der Waals surface area contributed by atoms with Gasteiger partial charge in [-0.05, 0) is 44.2 Å². The summed E-state index contributed by atoms with van der Waals surface area (Å²) >= 11 is 3.31. The number of aromatic nitrogens is 2. The number of hydrogen-bond acceptors (Lipinski definition) is 9. The maximum absolute atomic E-state index is 12.5. The molecule has 1 atom stereocenters. The van der Waals surface area contributed by atoms with Crippen LogP contribution in [0.1, 0.15) is 10.0 Å². The number of benzene rings is 2. The number of thiazole rings is 2. The molecule has 1 saturated heterocycles. The van der Waals surface area contributed by atoms with Crippen molar-refractivity contribution >= 4 is 54.7 Å². The molecular weight excluding hydrogens is 482 g/mol. The maximum Gasteiger partial charge on any atom is 0.238 e. The number of ether oxygens (including phenoxy) is 1. The Morgan fingerprint density at radius 1 is 1.00 bits per heavy atom. The summed E-state index contributed by atoms with van der Waals surface area (Å²) in [5.74, 6) is 0.701. The standard InChI is InChI=1S/C25H29N5O3S2/c1-16-26-21-11-18(3-5-23(21)34-16)28-25(32)14-30-9-7-29(8-10-30)13-19(31)15-33-20-4-6-24-22(12-20)27-17(2)35-24/h3-6,11-12,19,31H,7-10,13-15H2,1-2H3,(H,28,32). The van der Waals surface area contributed by atoms with E-state index >= 15 is 0 Å². The molecular formula is C25H29N5O3S2. The van der Waals surface area contributed by atoms with E-state index in [2.05, 4.69) is 25.1 Å². The molecule has 0 radical (unpaired) electrons. The van der Waals surface area contributed by atoms with Crippen LogP contribution in [0.25, 0.3) is 20.4 Å². The zero-order chi connectivity index (χ0) is 24.4. The Bertz CT molecular complexity index is 1330. The molecule has 1 aliphatic rings. The topological polar surface area (TPSA) is 90.8 Å². The van der Waals surface area contributed by atoms with Crippen LogP contribution >= 0.6 is 22.7 Å². The largest absolute Gasteiger partial charge is 0.491 e. The molecule has 0 aliphatic carbocycles. The molecule has 1 aliphatic heterocycles. The summed E-state index contributed by atoms with van der Waals surface area (Å²) in [5.41, 5.74) is 2.62. The quantitative estimate of drug-likeness (QED) is 0.374. The van der Waals surface area contributed by atoms with Crippen molar-refractivity contribution in [2.24, 2.45) is 0 Å². The Kier molecular flexibility index (Phi) is 7.26. The number of fused-ring (bicyclic) bond motifs is 2. The molecule has 5 rings (SSSR count). The van der Waals surface area contributed by atoms with Crippen LogP contribution in [-0.2, 0) is 4.79 Å². The van der Waals surface area contributed by atoms with Gasteiger partial charge in [-0.1, -0.05) is 0 Å². The number of aliphatic hydroxyl groups excluding tert-OH is 1. The van der Waals surface area contributed by atoms with E-state index in [1.165, 1.54) is 0 Å². The van der Waals surface area contributed by atoms with Crippen LogP contribution in [0.3, 0.4) is 0 Å². The van der Waals surface area contributed by atoms with Crippen LogP contribution < -0.4 is 10.1 Å². The number of nitrogens with one attached hydrogen (secondary N) is 1. The summed E-state index contributed by atoms with van der Waals surface area (Å²) in [7, 11) is 0. The van der Waals surface area contributed by atoms with E-state index in [-0.39, 0.29) is 12.5 Å². The number of piperazine rings is 1. The lowest BCUT2D eigenvalue weighted by Gasteiger charge is -2.35. The van der Waals surface area contributed by atoms with E-state index in [4.69, 9.17) is 4.74 Å². The molecule has 0 bridgehead atoms. The van der Waals surface area contributed by atoms with Gasteiger partial charge in [0.25, 0.3) is 0 Å². The van der Waals surface area contributed by atoms with Gasteiger partial charge in [-0.15, -0.1) is 22.7 Å². The molecule has 0 saturated carbocycles. The number of carbonyl (C=O) groups excluding carboxylic acids is 1. The van der Waals surface area contributed by atoms with Gasteiger partial charge in [-0.2, -0.15) is 0 Å². The normalized spacial score (nSPS) is 16.1. The zero-order valence-corrected chi connectivity index (χ0v) is 21.5. The Morgan fingerprint density at radius 2 is 1.63 bits per heavy atom. The Hall–Kier alpha value is -2.63. The second kappa shape index (κ2) is 10.5. The number of aliphatic hydroxyl groups is 1. The molecule has 3 heterocycles. The molecule has 10 heteroatoms. The fourth-order valence-electron chi connectivity index (χ4n) is 4.31. The SMILES string of the molecule is Cc1nc2cc(NC(=O)CN3CCN(CC(O)COc4ccc5sc(C)nc5c4)CC3)ccc2s1. The van der Waals surface area contributed by atoms with Crippen LogP contribution in [0.4, 0.5) is 5.69 Å². The summed E-state index contributed by atoms with van der Waals surface area (Å²) < 4.78 is 8.07. The van der Waals surface area contributed by atoms with Crippen molar-refractivity contribution in [1.29, 1.82) is 0 Å². The first kappa shape index (κ1) is 24.1. The average molecular weight is 512 g/mol. The van der Waals surface area contributed by atoms with Gasteiger partial charge in [0, 0.05) is 44.5 Å². The molecule has 0 spiro atoms. The molecule has 35 heavy (non-hydrogen) atoms. The fourth-order valence-corrected chi connectivity index (χ4v) is 5.92. The Balaban J connectivity index is 1.03. The number of amides is 1. The molecule has 184 valence electrons. The summed E-state index contributed by atoms with van der Waals surface area (Å²) in [6.45, 7) is 8.29. The van der Waals surface area contributed by atoms with Crippen LogP contribution in [0.2, 0.25) is 0 Å². The minimum Gasteiger partial charge on any atom is -0.491 e. The smallest absolute Gasteiger partial charge is 0.238 e. The minimum absolute atomic E-state index is 0.0227. The highest BCUT2D eigenvalue weighted by Crippen LogP contribution is 2.26. The van der Waals surface area contributed by atoms with Crippen molar-refractivity contribution in [3.8, 4) is 5.75 Å². The lowest BCUT2D eigenvalue weighted by molar-refractivity contribution is -0.117. The molecule has 1 amide bonds. The van der Waals surface area contributed by atoms with E-state index in [0.717, 1.165) is 68.1 Å². The number of aryl methyl sites for hydroxylation is 2. The van der Waals surface area contributed by atoms with Crippen molar-refractivity contribution in [2.75, 3.05) is 51.2 Å². The van der Waals surface area contributed by atoms with Gasteiger partial charge in [-0.3, -0.25) is 14.6 Å². The van der Waals surface area contributed by atoms with E-state index in [0.29, 0.717) is 13.1 Å². The molecule has 2 aromatic carbocycles. The first-order chi connectivity index (χ1) is 16.9. The number of carbonyl (C=O) groups is 1. The number of nitrogens with zero attached hydrogens (tertiary/aromatic N) is 4. The second-order valence-corrected chi connectivity index (χ2v) is 11.3. The van der Waals surface area contributed by atoms with E-state index in [1.54, 1.807) is 22.7 Å². The first-order valence-corrected chi connectivity index (χ1v) is 13.3. The molecule has 1 fully saturated rings. The second-order valence-electron chi connectivity index (χ2n) is 8.87. The van der Waals surface area contributed by atoms with Crippen LogP contribution in [0.15, 0.2) is 36.4 Å². The van der Waals surface area contributed by atoms with Crippen molar-refractivity contribution in [3.05, 3.63) is 46.4 Å². The van der Waals surface area contributed by atoms with E-state index in [9.17, 15) is 9.90 Å². The van der Waals surface area contributed by atoms with Gasteiger partial charge in [-0.25, -0.2) is 9.97 Å². The number of β-amino-alcohol motifs (C(OH)–C–C–N with tert-alkyl or cyclic N) is 1. The van der Waals surface area contributed by atoms with Crippen molar-refractivity contribution < 1.29 is 14.6 Å². The molecule has 1 unspecified atom stereocenters. The minimum atomic E-state index is -0.581. The number of anilines is 1. The maximum atomic E-state index is 12.5. The summed E-state index contributed by atoms with van der Waals surface area (Å²) in [4.78, 5) is 25.9. The predicted octanol–water partition coefficient (Wildman–Crippen LogP) is 3.52. The third kappa shape index (κ3) is 6.14. The Morgan fingerprint density at radius 3 is 2.34 bits per heavy atom. The van der Waals surface area contributed by atoms with Gasteiger partial charge < -0.3 is 15.2 Å². The van der Waals surface area contributed by atoms with Crippen molar-refractivity contribution in [3.63, 3.8) is 0 Å². The number of rotatable bonds is 8. The molecule has 2 aromatic heterocycles. The number of hydrogen-bond donors (Lipinski definition) is 2. The van der Waals surface area contributed by atoms with E-state index < -0.39 is 6.10 Å². The molecule has 8 nitrogen and oxygen atoms in total. The monoisotopic (exact) mass is 511 g/mol. The summed E-state index contributed by atoms with van der Waals surface area (Å²) in [6.07, 6.45) is -0.581. The van der Waals surface area contributed by atoms with Crippen LogP contribution in [0.5, 0.6) is 5.75 Å². The third-order valence-corrected chi connectivity index (χ3v) is 7.89. The molecule has 2 N–H and O–H groups in total.